The van der Waals surface area contributed by atoms with Gasteiger partial charge in [-0.15, -0.1) is 0 Å². The number of aliphatic carboxylic acids is 1. The lowest BCUT2D eigenvalue weighted by atomic mass is 9.90. The van der Waals surface area contributed by atoms with Gasteiger partial charge in [-0.2, -0.15) is 0 Å². The van der Waals surface area contributed by atoms with Gasteiger partial charge in [0.1, 0.15) is 17.8 Å². The second kappa shape index (κ2) is 11.6. The Balaban J connectivity index is 1.04. The molecule has 2 aliphatic heterocycles. The third-order valence-corrected chi connectivity index (χ3v) is 7.48. The predicted molar refractivity (Wildman–Crippen MR) is 138 cm³/mol. The molecule has 0 atom stereocenters. The van der Waals surface area contributed by atoms with Crippen LogP contribution in [0.4, 0.5) is 0 Å². The number of hydrogen-bond acceptors (Lipinski definition) is 6. The maximum Gasteiger partial charge on any atom is 0.306 e. The Morgan fingerprint density at radius 1 is 0.919 bits per heavy atom. The Morgan fingerprint density at radius 2 is 1.57 bits per heavy atom. The van der Waals surface area contributed by atoms with Gasteiger partial charge in [0.25, 0.3) is 0 Å². The van der Waals surface area contributed by atoms with E-state index in [2.05, 4.69) is 22.0 Å². The third-order valence-electron chi connectivity index (χ3n) is 7.48. The fourth-order valence-corrected chi connectivity index (χ4v) is 5.21. The largest absolute Gasteiger partial charge is 0.481 e. The van der Waals surface area contributed by atoms with Crippen LogP contribution in [0.3, 0.4) is 0 Å². The quantitative estimate of drug-likeness (QED) is 0.475. The van der Waals surface area contributed by atoms with Crippen molar-refractivity contribution in [1.82, 2.24) is 14.8 Å². The van der Waals surface area contributed by atoms with Crippen molar-refractivity contribution in [2.24, 2.45) is 11.8 Å². The predicted octanol–water partition coefficient (Wildman–Crippen LogP) is 4.71. The van der Waals surface area contributed by atoms with Crippen LogP contribution >= 0.6 is 0 Å². The van der Waals surface area contributed by atoms with Crippen LogP contribution in [0.2, 0.25) is 0 Å². The Morgan fingerprint density at radius 3 is 2.16 bits per heavy atom. The van der Waals surface area contributed by atoms with E-state index in [-0.39, 0.29) is 11.8 Å². The van der Waals surface area contributed by atoms with E-state index in [0.717, 1.165) is 49.4 Å². The second-order valence-corrected chi connectivity index (χ2v) is 10.0. The monoisotopic (exact) mass is 503 g/mol. The van der Waals surface area contributed by atoms with Crippen LogP contribution in [-0.4, -0.2) is 64.5 Å². The molecule has 2 saturated heterocycles. The molecule has 0 aliphatic carbocycles. The van der Waals surface area contributed by atoms with Crippen LogP contribution in [0.15, 0.2) is 65.4 Å². The van der Waals surface area contributed by atoms with E-state index in [9.17, 15) is 9.59 Å². The number of aromatic nitrogens is 1. The summed E-state index contributed by atoms with van der Waals surface area (Å²) in [7, 11) is 0. The Kier molecular flexibility index (Phi) is 7.84. The number of benzene rings is 2. The van der Waals surface area contributed by atoms with Gasteiger partial charge in [-0.05, 0) is 93.1 Å². The number of carboxylic acids is 1. The number of ether oxygens (including phenoxy) is 1. The highest BCUT2D eigenvalue weighted by molar-refractivity contribution is 5.79. The van der Waals surface area contributed by atoms with Crippen molar-refractivity contribution < 1.29 is 23.8 Å². The normalized spacial score (nSPS) is 17.6. The topological polar surface area (TPSA) is 96.1 Å². The number of amides is 1. The average Bonchev–Trinajstić information content (AvgIpc) is 3.47. The first-order valence-corrected chi connectivity index (χ1v) is 13.0. The van der Waals surface area contributed by atoms with Gasteiger partial charge in [0.15, 0.2) is 0 Å². The number of carbonyl (C=O) groups is 2. The molecule has 0 radical (unpaired) electrons. The number of carboxylic acid groups (broad SMARTS) is 1. The fraction of sp³-hybridized carbons (Fsp3) is 0.414. The molecule has 2 aromatic carbocycles. The van der Waals surface area contributed by atoms with E-state index in [0.29, 0.717) is 44.3 Å². The van der Waals surface area contributed by atoms with E-state index in [4.69, 9.17) is 14.3 Å². The molecule has 0 unspecified atom stereocenters. The molecule has 3 aromatic rings. The standard InChI is InChI=1S/C29H33N3O5/c33-27(32-16-11-24(12-17-32)29(34)35)20-31-14-9-22(10-15-31)19-21-1-5-25(6-2-21)37-26-7-3-23(4-8-26)28-30-13-18-36-28/h1-8,13,18,22,24H,9-12,14-17,19-20H2,(H,34,35). The first kappa shape index (κ1) is 25.0. The maximum absolute atomic E-state index is 12.7. The van der Waals surface area contributed by atoms with Crippen LogP contribution in [0.5, 0.6) is 11.5 Å². The van der Waals surface area contributed by atoms with Crippen molar-refractivity contribution >= 4 is 11.9 Å². The first-order chi connectivity index (χ1) is 18.0. The molecule has 37 heavy (non-hydrogen) atoms. The Bertz CT molecular complexity index is 1160. The molecule has 3 heterocycles. The summed E-state index contributed by atoms with van der Waals surface area (Å²) in [6.07, 6.45) is 7.47. The molecule has 0 bridgehead atoms. The van der Waals surface area contributed by atoms with E-state index in [1.807, 2.05) is 41.3 Å². The van der Waals surface area contributed by atoms with Crippen molar-refractivity contribution in [3.63, 3.8) is 0 Å². The average molecular weight is 504 g/mol. The lowest BCUT2D eigenvalue weighted by Crippen LogP contribution is -2.46. The lowest BCUT2D eigenvalue weighted by molar-refractivity contribution is -0.146. The number of carbonyl (C=O) groups excluding carboxylic acids is 1. The van der Waals surface area contributed by atoms with Crippen molar-refractivity contribution in [2.45, 2.75) is 32.1 Å². The number of nitrogens with zero attached hydrogens (tertiary/aromatic N) is 3. The summed E-state index contributed by atoms with van der Waals surface area (Å²) in [5.74, 6) is 1.83. The molecule has 5 rings (SSSR count). The molecule has 194 valence electrons. The molecule has 8 heteroatoms. The third kappa shape index (κ3) is 6.57. The van der Waals surface area contributed by atoms with Gasteiger partial charge in [-0.1, -0.05) is 12.1 Å². The van der Waals surface area contributed by atoms with Crippen molar-refractivity contribution in [2.75, 3.05) is 32.7 Å². The number of hydrogen-bond donors (Lipinski definition) is 1. The molecular weight excluding hydrogens is 470 g/mol. The molecule has 1 amide bonds. The molecule has 1 aromatic heterocycles. The van der Waals surface area contributed by atoms with Gasteiger partial charge in [0.05, 0.1) is 18.7 Å². The molecule has 2 aliphatic rings. The van der Waals surface area contributed by atoms with Crippen molar-refractivity contribution in [1.29, 1.82) is 0 Å². The minimum absolute atomic E-state index is 0.130. The zero-order valence-electron chi connectivity index (χ0n) is 20.9. The summed E-state index contributed by atoms with van der Waals surface area (Å²) >= 11 is 0. The van der Waals surface area contributed by atoms with Gasteiger partial charge in [0.2, 0.25) is 11.8 Å². The molecule has 0 spiro atoms. The minimum atomic E-state index is -0.745. The SMILES string of the molecule is O=C(O)C1CCN(C(=O)CN2CCC(Cc3ccc(Oc4ccc(-c5ncco5)cc4)cc3)CC2)CC1. The van der Waals surface area contributed by atoms with Gasteiger partial charge >= 0.3 is 5.97 Å². The van der Waals surface area contributed by atoms with Crippen LogP contribution in [0, 0.1) is 11.8 Å². The Hall–Kier alpha value is -3.65. The summed E-state index contributed by atoms with van der Waals surface area (Å²) in [6, 6.07) is 16.0. The number of oxazole rings is 1. The zero-order chi connectivity index (χ0) is 25.6. The highest BCUT2D eigenvalue weighted by Gasteiger charge is 2.28. The van der Waals surface area contributed by atoms with Gasteiger partial charge < -0.3 is 19.2 Å². The smallest absolute Gasteiger partial charge is 0.306 e. The van der Waals surface area contributed by atoms with Crippen LogP contribution < -0.4 is 4.74 Å². The highest BCUT2D eigenvalue weighted by Crippen LogP contribution is 2.27. The van der Waals surface area contributed by atoms with E-state index in [1.54, 1.807) is 12.5 Å². The van der Waals surface area contributed by atoms with Gasteiger partial charge in [-0.3, -0.25) is 14.5 Å². The summed E-state index contributed by atoms with van der Waals surface area (Å²) in [5.41, 5.74) is 2.20. The molecule has 2 fully saturated rings. The summed E-state index contributed by atoms with van der Waals surface area (Å²) < 4.78 is 11.3. The maximum atomic E-state index is 12.7. The number of likely N-dealkylation sites (tertiary alicyclic amines) is 2. The summed E-state index contributed by atoms with van der Waals surface area (Å²) in [6.45, 7) is 3.40. The zero-order valence-corrected chi connectivity index (χ0v) is 20.9. The van der Waals surface area contributed by atoms with Gasteiger partial charge in [-0.25, -0.2) is 4.98 Å². The molecule has 8 nitrogen and oxygen atoms in total. The van der Waals surface area contributed by atoms with E-state index >= 15 is 0 Å². The second-order valence-electron chi connectivity index (χ2n) is 10.0. The van der Waals surface area contributed by atoms with E-state index in [1.165, 1.54) is 5.56 Å². The number of rotatable bonds is 8. The van der Waals surface area contributed by atoms with Crippen LogP contribution in [-0.2, 0) is 16.0 Å². The number of piperidine rings is 2. The lowest BCUT2D eigenvalue weighted by Gasteiger charge is -2.35. The highest BCUT2D eigenvalue weighted by atomic mass is 16.5. The van der Waals surface area contributed by atoms with Gasteiger partial charge in [0, 0.05) is 18.7 Å². The molecule has 1 N–H and O–H groups in total. The fourth-order valence-electron chi connectivity index (χ4n) is 5.21. The van der Waals surface area contributed by atoms with Crippen LogP contribution in [0.1, 0.15) is 31.2 Å². The Labute approximate surface area is 216 Å². The first-order valence-electron chi connectivity index (χ1n) is 13.0. The molecule has 0 saturated carbocycles. The minimum Gasteiger partial charge on any atom is -0.481 e. The van der Waals surface area contributed by atoms with Crippen molar-refractivity contribution in [3.05, 3.63) is 66.6 Å². The van der Waals surface area contributed by atoms with Crippen molar-refractivity contribution in [3.8, 4) is 23.0 Å². The summed E-state index contributed by atoms with van der Waals surface area (Å²) in [5, 5.41) is 9.14. The molecular formula is C29H33N3O5. The van der Waals surface area contributed by atoms with Crippen LogP contribution in [0.25, 0.3) is 11.5 Å². The summed E-state index contributed by atoms with van der Waals surface area (Å²) in [4.78, 5) is 32.0. The van der Waals surface area contributed by atoms with E-state index < -0.39 is 5.97 Å².